The van der Waals surface area contributed by atoms with Gasteiger partial charge in [0.25, 0.3) is 0 Å². The molecule has 0 saturated carbocycles. The molecule has 0 saturated heterocycles. The Labute approximate surface area is 412 Å². The predicted molar refractivity (Wildman–Crippen MR) is 284 cm³/mol. The number of hydrogen-bond donors (Lipinski definition) is 1. The topological polar surface area (TPSA) is 108 Å². The highest BCUT2D eigenvalue weighted by atomic mass is 31.2. The summed E-state index contributed by atoms with van der Waals surface area (Å²) in [7, 11) is 1.46. The van der Waals surface area contributed by atoms with Crippen LogP contribution < -0.4 is 0 Å². The van der Waals surface area contributed by atoms with Crippen molar-refractivity contribution >= 4 is 19.8 Å². The van der Waals surface area contributed by atoms with Crippen LogP contribution in [0.1, 0.15) is 226 Å². The lowest BCUT2D eigenvalue weighted by Crippen LogP contribution is -2.37. The second kappa shape index (κ2) is 48.5. The number of likely N-dealkylation sites (N-methyl/N-ethyl adjacent to an activating group) is 1. The van der Waals surface area contributed by atoms with Gasteiger partial charge in [-0.15, -0.1) is 0 Å². The van der Waals surface area contributed by atoms with Crippen molar-refractivity contribution in [2.45, 2.75) is 232 Å². The van der Waals surface area contributed by atoms with Crippen LogP contribution in [0.5, 0.6) is 0 Å². The van der Waals surface area contributed by atoms with Crippen LogP contribution in [0.15, 0.2) is 72.9 Å². The van der Waals surface area contributed by atoms with Gasteiger partial charge in [0.1, 0.15) is 19.8 Å². The van der Waals surface area contributed by atoms with Crippen LogP contribution in [-0.2, 0) is 32.7 Å². The van der Waals surface area contributed by atoms with Crippen LogP contribution >= 0.6 is 7.82 Å². The number of quaternary nitrogens is 1. The first-order chi connectivity index (χ1) is 32.5. The third-order valence-electron chi connectivity index (χ3n) is 11.5. The van der Waals surface area contributed by atoms with E-state index in [4.69, 9.17) is 18.5 Å². The molecule has 0 bridgehead atoms. The second-order valence-corrected chi connectivity index (χ2v) is 20.7. The number of rotatable bonds is 49. The maximum atomic E-state index is 12.8. The van der Waals surface area contributed by atoms with Gasteiger partial charge in [0.15, 0.2) is 6.10 Å². The van der Waals surface area contributed by atoms with Crippen LogP contribution in [0.3, 0.4) is 0 Å². The number of allylic oxidation sites excluding steroid dienone is 12. The fraction of sp³-hybridized carbons (Fsp3) is 0.754. The summed E-state index contributed by atoms with van der Waals surface area (Å²) in [6, 6.07) is 0. The van der Waals surface area contributed by atoms with Crippen LogP contribution in [0.2, 0.25) is 0 Å². The van der Waals surface area contributed by atoms with Gasteiger partial charge in [-0.1, -0.05) is 202 Å². The summed E-state index contributed by atoms with van der Waals surface area (Å²) in [6.07, 6.45) is 62.4. The number of nitrogens with zero attached hydrogens (tertiary/aromatic N) is 1. The van der Waals surface area contributed by atoms with Crippen LogP contribution in [0, 0.1) is 0 Å². The van der Waals surface area contributed by atoms with E-state index in [1.807, 2.05) is 21.1 Å². The first kappa shape index (κ1) is 64.5. The Bertz CT molecular complexity index is 1360. The molecule has 0 amide bonds. The van der Waals surface area contributed by atoms with Crippen molar-refractivity contribution in [1.82, 2.24) is 0 Å². The van der Waals surface area contributed by atoms with Gasteiger partial charge in [-0.05, 0) is 83.5 Å². The first-order valence-electron chi connectivity index (χ1n) is 27.2. The minimum absolute atomic E-state index is 0.0271. The van der Waals surface area contributed by atoms with E-state index in [9.17, 15) is 19.0 Å². The largest absolute Gasteiger partial charge is 0.472 e. The highest BCUT2D eigenvalue weighted by Crippen LogP contribution is 2.43. The standard InChI is InChI=1S/C57H102NO8P/c1-6-8-10-12-14-16-18-20-22-24-26-27-28-29-30-31-32-34-36-38-40-42-44-46-48-50-57(60)66-55(54-65-67(61,62)64-52-51-58(3,4)5)53-63-56(59)49-47-45-43-41-39-37-35-33-25-23-21-19-17-15-13-11-9-7-2/h8,10,14,16,20,22-23,25-27,29-30,55H,6-7,9,11-13,15,17-19,21,24,28,31-54H2,1-5H3/p+1/b10-8-,16-14-,22-20-,25-23-,27-26-,30-29-. The summed E-state index contributed by atoms with van der Waals surface area (Å²) >= 11 is 0. The molecule has 388 valence electrons. The minimum Gasteiger partial charge on any atom is -0.462 e. The predicted octanol–water partition coefficient (Wildman–Crippen LogP) is 16.5. The molecule has 0 aromatic carbocycles. The Hall–Kier alpha value is -2.55. The Balaban J connectivity index is 4.24. The van der Waals surface area contributed by atoms with Gasteiger partial charge in [0.05, 0.1) is 27.7 Å². The van der Waals surface area contributed by atoms with Crippen molar-refractivity contribution in [3.8, 4) is 0 Å². The third kappa shape index (κ3) is 52.7. The summed E-state index contributed by atoms with van der Waals surface area (Å²) in [5, 5.41) is 0. The number of phosphoric acid groups is 1. The van der Waals surface area contributed by atoms with Crippen LogP contribution in [-0.4, -0.2) is 74.9 Å². The number of phosphoric ester groups is 1. The molecule has 2 atom stereocenters. The van der Waals surface area contributed by atoms with Gasteiger partial charge in [0, 0.05) is 12.8 Å². The molecule has 2 unspecified atom stereocenters. The molecule has 67 heavy (non-hydrogen) atoms. The molecule has 1 N–H and O–H groups in total. The van der Waals surface area contributed by atoms with Crippen molar-refractivity contribution in [3.63, 3.8) is 0 Å². The zero-order valence-electron chi connectivity index (χ0n) is 43.9. The molecule has 0 aliphatic heterocycles. The number of ether oxygens (including phenoxy) is 2. The van der Waals surface area contributed by atoms with Crippen molar-refractivity contribution < 1.29 is 42.1 Å². The number of carbonyl (C=O) groups excluding carboxylic acids is 2. The second-order valence-electron chi connectivity index (χ2n) is 19.2. The molecule has 10 heteroatoms. The average Bonchev–Trinajstić information content (AvgIpc) is 3.29. The summed E-state index contributed by atoms with van der Waals surface area (Å²) in [6.45, 7) is 4.31. The summed E-state index contributed by atoms with van der Waals surface area (Å²) in [5.41, 5.74) is 0. The molecule has 9 nitrogen and oxygen atoms in total. The summed E-state index contributed by atoms with van der Waals surface area (Å²) in [4.78, 5) is 35.6. The third-order valence-corrected chi connectivity index (χ3v) is 12.5. The smallest absolute Gasteiger partial charge is 0.462 e. The zero-order chi connectivity index (χ0) is 49.2. The lowest BCUT2D eigenvalue weighted by Gasteiger charge is -2.24. The lowest BCUT2D eigenvalue weighted by molar-refractivity contribution is -0.870. The number of hydrogen-bond acceptors (Lipinski definition) is 7. The van der Waals surface area contributed by atoms with E-state index in [2.05, 4.69) is 86.8 Å². The van der Waals surface area contributed by atoms with Gasteiger partial charge in [-0.2, -0.15) is 0 Å². The van der Waals surface area contributed by atoms with Crippen molar-refractivity contribution in [1.29, 1.82) is 0 Å². The Morgan fingerprint density at radius 1 is 0.478 bits per heavy atom. The summed E-state index contributed by atoms with van der Waals surface area (Å²) in [5.74, 6) is -0.809. The fourth-order valence-electron chi connectivity index (χ4n) is 7.27. The maximum absolute atomic E-state index is 12.8. The Morgan fingerprint density at radius 2 is 0.851 bits per heavy atom. The SMILES string of the molecule is CC/C=C\C/C=C\C/C=C\C/C=C\C/C=C\CCCCCCCCCCCC(=O)OC(COC(=O)CCCCCCCCC/C=C\CCCCCCCCC)COP(=O)(O)OCC[N+](C)(C)C. The van der Waals surface area contributed by atoms with Gasteiger partial charge in [-0.25, -0.2) is 4.57 Å². The number of unbranched alkanes of at least 4 members (excludes halogenated alkanes) is 23. The molecule has 0 rings (SSSR count). The molecule has 0 heterocycles. The van der Waals surface area contributed by atoms with E-state index >= 15 is 0 Å². The molecule has 0 fully saturated rings. The van der Waals surface area contributed by atoms with E-state index in [-0.39, 0.29) is 32.0 Å². The number of carbonyl (C=O) groups is 2. The highest BCUT2D eigenvalue weighted by molar-refractivity contribution is 7.47. The highest BCUT2D eigenvalue weighted by Gasteiger charge is 2.27. The van der Waals surface area contributed by atoms with Gasteiger partial charge in [0.2, 0.25) is 0 Å². The van der Waals surface area contributed by atoms with E-state index in [1.165, 1.54) is 103 Å². The number of esters is 2. The quantitative estimate of drug-likeness (QED) is 0.0211. The summed E-state index contributed by atoms with van der Waals surface area (Å²) < 4.78 is 34.5. The van der Waals surface area contributed by atoms with E-state index in [1.54, 1.807) is 0 Å². The van der Waals surface area contributed by atoms with Crippen LogP contribution in [0.25, 0.3) is 0 Å². The molecular weight excluding hydrogens is 858 g/mol. The van der Waals surface area contributed by atoms with Gasteiger partial charge < -0.3 is 18.9 Å². The first-order valence-corrected chi connectivity index (χ1v) is 28.7. The lowest BCUT2D eigenvalue weighted by atomic mass is 10.1. The van der Waals surface area contributed by atoms with Gasteiger partial charge in [-0.3, -0.25) is 18.6 Å². The molecule has 0 aliphatic rings. The van der Waals surface area contributed by atoms with Crippen LogP contribution in [0.4, 0.5) is 0 Å². The molecule has 0 aliphatic carbocycles. The monoisotopic (exact) mass is 961 g/mol. The van der Waals surface area contributed by atoms with E-state index in [0.717, 1.165) is 89.9 Å². The van der Waals surface area contributed by atoms with Gasteiger partial charge >= 0.3 is 19.8 Å². The fourth-order valence-corrected chi connectivity index (χ4v) is 8.01. The molecule has 0 aromatic rings. The molecule has 0 aromatic heterocycles. The maximum Gasteiger partial charge on any atom is 0.472 e. The minimum atomic E-state index is -4.39. The molecular formula is C57H103NO8P+. The Kier molecular flexibility index (Phi) is 46.6. The Morgan fingerprint density at radius 3 is 1.28 bits per heavy atom. The van der Waals surface area contributed by atoms with E-state index in [0.29, 0.717) is 17.4 Å². The normalized spacial score (nSPS) is 13.9. The molecule has 0 radical (unpaired) electrons. The van der Waals surface area contributed by atoms with Crippen molar-refractivity contribution in [2.75, 3.05) is 47.5 Å². The zero-order valence-corrected chi connectivity index (χ0v) is 44.8. The van der Waals surface area contributed by atoms with Crippen molar-refractivity contribution in [2.24, 2.45) is 0 Å². The average molecular weight is 961 g/mol. The van der Waals surface area contributed by atoms with Crippen molar-refractivity contribution in [3.05, 3.63) is 72.9 Å². The van der Waals surface area contributed by atoms with E-state index < -0.39 is 26.5 Å². The molecule has 0 spiro atoms.